The lowest BCUT2D eigenvalue weighted by molar-refractivity contribution is -0.117. The zero-order valence-corrected chi connectivity index (χ0v) is 14.9. The van der Waals surface area contributed by atoms with Crippen molar-refractivity contribution in [1.82, 2.24) is 9.78 Å². The number of hydrogen-bond donors (Lipinski definition) is 1. The first-order valence-corrected chi connectivity index (χ1v) is 7.80. The molecule has 2 rings (SSSR count). The molecule has 0 spiro atoms. The van der Waals surface area contributed by atoms with Crippen molar-refractivity contribution in [3.63, 3.8) is 0 Å². The van der Waals surface area contributed by atoms with Crippen LogP contribution in [0.3, 0.4) is 0 Å². The number of nitrogens with zero attached hydrogens (tertiary/aromatic N) is 3. The third-order valence-corrected chi connectivity index (χ3v) is 4.13. The van der Waals surface area contributed by atoms with E-state index in [1.165, 1.54) is 12.1 Å². The van der Waals surface area contributed by atoms with Crippen molar-refractivity contribution < 1.29 is 4.79 Å². The van der Waals surface area contributed by atoms with Crippen molar-refractivity contribution in [2.45, 2.75) is 20.4 Å². The summed E-state index contributed by atoms with van der Waals surface area (Å²) < 4.78 is 0.925. The summed E-state index contributed by atoms with van der Waals surface area (Å²) in [6.45, 7) is 2.89. The van der Waals surface area contributed by atoms with Crippen molar-refractivity contribution in [2.24, 2.45) is 0 Å². The third-order valence-electron chi connectivity index (χ3n) is 3.31. The summed E-state index contributed by atoms with van der Waals surface area (Å²) in [5, 5.41) is 16.3. The summed E-state index contributed by atoms with van der Waals surface area (Å²) in [6.07, 6.45) is 0. The predicted octanol–water partition coefficient (Wildman–Crippen LogP) is 3.33. The van der Waals surface area contributed by atoms with E-state index < -0.39 is 11.5 Å². The number of aryl methyl sites for hydroxylation is 1. The molecule has 0 aliphatic heterocycles. The van der Waals surface area contributed by atoms with Crippen LogP contribution in [0.4, 0.5) is 5.69 Å². The molecule has 0 aliphatic rings. The first-order chi connectivity index (χ1) is 11.2. The van der Waals surface area contributed by atoms with Crippen LogP contribution < -0.4 is 10.9 Å². The Hall–Kier alpha value is -2.07. The number of nitrogens with one attached hydrogen (secondary N) is 1. The number of halogens is 3. The Balaban J connectivity index is 2.31. The van der Waals surface area contributed by atoms with Crippen molar-refractivity contribution in [3.05, 3.63) is 54.4 Å². The monoisotopic (exact) mass is 384 g/mol. The summed E-state index contributed by atoms with van der Waals surface area (Å²) in [4.78, 5) is 24.3. The van der Waals surface area contributed by atoms with Gasteiger partial charge in [0.05, 0.1) is 21.4 Å². The van der Waals surface area contributed by atoms with Gasteiger partial charge in [-0.15, -0.1) is 0 Å². The Morgan fingerprint density at radius 3 is 2.42 bits per heavy atom. The fourth-order valence-electron chi connectivity index (χ4n) is 1.99. The minimum absolute atomic E-state index is 0.0437. The van der Waals surface area contributed by atoms with E-state index in [2.05, 4.69) is 10.4 Å². The number of aromatic nitrogens is 2. The molecule has 0 saturated carbocycles. The molecule has 1 amide bonds. The molecule has 1 aromatic carbocycles. The van der Waals surface area contributed by atoms with E-state index in [0.717, 1.165) is 4.68 Å². The second kappa shape index (κ2) is 7.22. The highest BCUT2D eigenvalue weighted by Gasteiger charge is 2.16. The molecule has 124 valence electrons. The molecule has 0 aliphatic carbocycles. The molecule has 6 nitrogen and oxygen atoms in total. The fourth-order valence-corrected chi connectivity index (χ4v) is 2.90. The van der Waals surface area contributed by atoms with Gasteiger partial charge in [-0.3, -0.25) is 9.59 Å². The summed E-state index contributed by atoms with van der Waals surface area (Å²) in [5.74, 6) is -0.567. The van der Waals surface area contributed by atoms with E-state index in [-0.39, 0.29) is 27.8 Å². The van der Waals surface area contributed by atoms with E-state index in [1.54, 1.807) is 13.8 Å². The van der Waals surface area contributed by atoms with Gasteiger partial charge in [-0.05, 0) is 31.5 Å². The van der Waals surface area contributed by atoms with E-state index >= 15 is 0 Å². The molecule has 0 atom stereocenters. The molecule has 0 bridgehead atoms. The second-order valence-electron chi connectivity index (χ2n) is 4.95. The van der Waals surface area contributed by atoms with Gasteiger partial charge in [-0.2, -0.15) is 10.4 Å². The number of anilines is 1. The molecule has 1 heterocycles. The van der Waals surface area contributed by atoms with Gasteiger partial charge in [0.1, 0.15) is 18.2 Å². The van der Waals surface area contributed by atoms with Gasteiger partial charge in [0.2, 0.25) is 5.91 Å². The first kappa shape index (κ1) is 18.3. The van der Waals surface area contributed by atoms with E-state index in [9.17, 15) is 9.59 Å². The van der Waals surface area contributed by atoms with Crippen LogP contribution in [0.5, 0.6) is 0 Å². The Morgan fingerprint density at radius 2 is 1.88 bits per heavy atom. The number of amides is 1. The molecule has 0 saturated heterocycles. The maximum absolute atomic E-state index is 12.2. The molecule has 0 radical (unpaired) electrons. The lowest BCUT2D eigenvalue weighted by Crippen LogP contribution is -2.32. The standard InChI is InChI=1S/C15H11Cl3N4O2/c1-7-8(2)21-22(15(24)10(7)5-19)6-13(23)20-14-11(17)3-9(16)4-12(14)18/h3-4H,6H2,1-2H3,(H,20,23). The van der Waals surface area contributed by atoms with Crippen LogP contribution >= 0.6 is 34.8 Å². The quantitative estimate of drug-likeness (QED) is 0.878. The Bertz CT molecular complexity index is 909. The topological polar surface area (TPSA) is 87.8 Å². The van der Waals surface area contributed by atoms with Crippen LogP contribution in [0.2, 0.25) is 15.1 Å². The summed E-state index contributed by atoms with van der Waals surface area (Å²) in [6, 6.07) is 4.69. The fraction of sp³-hybridized carbons (Fsp3) is 0.200. The Morgan fingerprint density at radius 1 is 1.29 bits per heavy atom. The molecular weight excluding hydrogens is 375 g/mol. The van der Waals surface area contributed by atoms with E-state index in [1.807, 2.05) is 6.07 Å². The molecule has 0 fully saturated rings. The number of nitriles is 1. The van der Waals surface area contributed by atoms with Crippen molar-refractivity contribution in [1.29, 1.82) is 5.26 Å². The van der Waals surface area contributed by atoms with Gasteiger partial charge in [0, 0.05) is 5.02 Å². The summed E-state index contributed by atoms with van der Waals surface area (Å²) >= 11 is 17.8. The van der Waals surface area contributed by atoms with Crippen molar-refractivity contribution in [3.8, 4) is 6.07 Å². The van der Waals surface area contributed by atoms with Gasteiger partial charge in [-0.1, -0.05) is 34.8 Å². The molecular formula is C15H11Cl3N4O2. The lowest BCUT2D eigenvalue weighted by atomic mass is 10.1. The largest absolute Gasteiger partial charge is 0.322 e. The Labute approximate surface area is 152 Å². The van der Waals surface area contributed by atoms with Gasteiger partial charge < -0.3 is 5.32 Å². The zero-order chi connectivity index (χ0) is 18.0. The molecule has 1 N–H and O–H groups in total. The van der Waals surface area contributed by atoms with Crippen LogP contribution in [-0.2, 0) is 11.3 Å². The third kappa shape index (κ3) is 3.70. The minimum Gasteiger partial charge on any atom is -0.322 e. The SMILES string of the molecule is Cc1nn(CC(=O)Nc2c(Cl)cc(Cl)cc2Cl)c(=O)c(C#N)c1C. The van der Waals surface area contributed by atoms with E-state index in [4.69, 9.17) is 40.1 Å². The number of benzene rings is 1. The molecule has 2 aromatic rings. The molecule has 9 heteroatoms. The molecule has 1 aromatic heterocycles. The maximum atomic E-state index is 12.2. The molecule has 0 unspecified atom stereocenters. The van der Waals surface area contributed by atoms with Crippen LogP contribution in [0, 0.1) is 25.2 Å². The average Bonchev–Trinajstić information content (AvgIpc) is 2.49. The number of rotatable bonds is 3. The van der Waals surface area contributed by atoms with Crippen LogP contribution in [-0.4, -0.2) is 15.7 Å². The van der Waals surface area contributed by atoms with Gasteiger partial charge >= 0.3 is 0 Å². The highest BCUT2D eigenvalue weighted by atomic mass is 35.5. The van der Waals surface area contributed by atoms with Crippen LogP contribution in [0.1, 0.15) is 16.8 Å². The number of hydrogen-bond acceptors (Lipinski definition) is 4. The van der Waals surface area contributed by atoms with Gasteiger partial charge in [0.25, 0.3) is 5.56 Å². The first-order valence-electron chi connectivity index (χ1n) is 6.67. The van der Waals surface area contributed by atoms with Crippen molar-refractivity contribution in [2.75, 3.05) is 5.32 Å². The summed E-state index contributed by atoms with van der Waals surface area (Å²) in [5.41, 5.74) is 0.483. The second-order valence-corrected chi connectivity index (χ2v) is 6.20. The molecule has 24 heavy (non-hydrogen) atoms. The highest BCUT2D eigenvalue weighted by Crippen LogP contribution is 2.33. The summed E-state index contributed by atoms with van der Waals surface area (Å²) in [7, 11) is 0. The normalized spacial score (nSPS) is 10.3. The predicted molar refractivity (Wildman–Crippen MR) is 92.8 cm³/mol. The minimum atomic E-state index is -0.635. The van der Waals surface area contributed by atoms with Gasteiger partial charge in [-0.25, -0.2) is 4.68 Å². The van der Waals surface area contributed by atoms with Crippen molar-refractivity contribution >= 4 is 46.4 Å². The average molecular weight is 386 g/mol. The van der Waals surface area contributed by atoms with Crippen LogP contribution in [0.25, 0.3) is 0 Å². The Kier molecular flexibility index (Phi) is 5.50. The number of carbonyl (C=O) groups excluding carboxylic acids is 1. The lowest BCUT2D eigenvalue weighted by Gasteiger charge is -2.11. The van der Waals surface area contributed by atoms with Crippen LogP contribution in [0.15, 0.2) is 16.9 Å². The van der Waals surface area contributed by atoms with Gasteiger partial charge in [0.15, 0.2) is 0 Å². The zero-order valence-electron chi connectivity index (χ0n) is 12.7. The smallest absolute Gasteiger partial charge is 0.285 e. The maximum Gasteiger partial charge on any atom is 0.285 e. The number of carbonyl (C=O) groups is 1. The highest BCUT2D eigenvalue weighted by molar-refractivity contribution is 6.42. The van der Waals surface area contributed by atoms with E-state index in [0.29, 0.717) is 16.3 Å².